The highest BCUT2D eigenvalue weighted by Gasteiger charge is 2.26. The molecule has 1 aromatic heterocycles. The van der Waals surface area contributed by atoms with Gasteiger partial charge in [0.2, 0.25) is 5.91 Å². The molecule has 0 spiro atoms. The smallest absolute Gasteiger partial charge is 0.335 e. The number of carboxylic acids is 1. The zero-order valence-corrected chi connectivity index (χ0v) is 24.7. The number of hydrogen-bond acceptors (Lipinski definition) is 3. The van der Waals surface area contributed by atoms with Gasteiger partial charge in [-0.05, 0) is 66.2 Å². The van der Waals surface area contributed by atoms with E-state index < -0.39 is 5.97 Å². The molecule has 0 saturated carbocycles. The number of unbranched alkanes of at least 4 members (excludes halogenated alkanes) is 1. The highest BCUT2D eigenvalue weighted by atomic mass is 16.5. The van der Waals surface area contributed by atoms with Crippen LogP contribution in [0.15, 0.2) is 78.6 Å². The van der Waals surface area contributed by atoms with Crippen molar-refractivity contribution in [1.82, 2.24) is 9.47 Å². The van der Waals surface area contributed by atoms with Gasteiger partial charge in [-0.1, -0.05) is 75.2 Å². The molecule has 1 heterocycles. The fourth-order valence-electron chi connectivity index (χ4n) is 5.56. The number of aromatic nitrogens is 1. The number of nitrogens with zero attached hydrogens (tertiary/aromatic N) is 2. The molecule has 1 unspecified atom stereocenters. The average Bonchev–Trinajstić information content (AvgIpc) is 3.11. The second-order valence-electron chi connectivity index (χ2n) is 10.9. The van der Waals surface area contributed by atoms with E-state index in [1.807, 2.05) is 36.4 Å². The molecule has 1 atom stereocenters. The van der Waals surface area contributed by atoms with Crippen molar-refractivity contribution in [3.63, 3.8) is 0 Å². The van der Waals surface area contributed by atoms with Crippen LogP contribution in [-0.4, -0.2) is 40.5 Å². The van der Waals surface area contributed by atoms with Crippen LogP contribution in [0.2, 0.25) is 0 Å². The molecule has 1 aliphatic carbocycles. The molecule has 1 amide bonds. The number of allylic oxidation sites excluding steroid dienone is 5. The summed E-state index contributed by atoms with van der Waals surface area (Å²) < 4.78 is 8.32. The Kier molecular flexibility index (Phi) is 10.2. The van der Waals surface area contributed by atoms with Gasteiger partial charge in [0, 0.05) is 43.7 Å². The number of carboxylic acid groups (broad SMARTS) is 1. The SMILES string of the molecule is CCCCC(CC)c1c(C2=CC=C(OCc3ccccc3)C=CC2)n(CCC(=O)N(C)C)c2cc(C(=O)O)ccc12. The standard InChI is InChI=1S/C35H42N2O4/c1-5-7-14-26(6-2)33-30-20-18-28(35(39)40)23-31(30)37(22-21-32(38)36(3)4)34(33)27-15-11-16-29(19-17-27)41-24-25-12-9-8-10-13-25/h8-13,16-20,23,26H,5-7,14-15,21-22,24H2,1-4H3,(H,39,40). The Hall–Kier alpha value is -4.06. The number of aryl methyl sites for hydroxylation is 1. The van der Waals surface area contributed by atoms with Crippen molar-refractivity contribution in [2.45, 2.75) is 71.4 Å². The summed E-state index contributed by atoms with van der Waals surface area (Å²) in [6.07, 6.45) is 13.6. The lowest BCUT2D eigenvalue weighted by Gasteiger charge is -2.20. The number of amides is 1. The van der Waals surface area contributed by atoms with Crippen LogP contribution in [0.5, 0.6) is 0 Å². The summed E-state index contributed by atoms with van der Waals surface area (Å²) >= 11 is 0. The van der Waals surface area contributed by atoms with Crippen molar-refractivity contribution in [3.05, 3.63) is 101 Å². The maximum Gasteiger partial charge on any atom is 0.335 e. The summed E-state index contributed by atoms with van der Waals surface area (Å²) in [5.74, 6) is 0.199. The summed E-state index contributed by atoms with van der Waals surface area (Å²) in [5.41, 5.74) is 5.72. The number of aromatic carboxylic acids is 1. The molecule has 1 N–H and O–H groups in total. The predicted octanol–water partition coefficient (Wildman–Crippen LogP) is 7.95. The van der Waals surface area contributed by atoms with Crippen molar-refractivity contribution >= 4 is 28.4 Å². The molecule has 3 aromatic rings. The first kappa shape index (κ1) is 29.9. The number of carbonyl (C=O) groups excluding carboxylic acids is 1. The van der Waals surface area contributed by atoms with Gasteiger partial charge >= 0.3 is 5.97 Å². The van der Waals surface area contributed by atoms with Crippen molar-refractivity contribution < 1.29 is 19.4 Å². The monoisotopic (exact) mass is 554 g/mol. The lowest BCUT2D eigenvalue weighted by Crippen LogP contribution is -2.23. The van der Waals surface area contributed by atoms with Gasteiger partial charge in [-0.25, -0.2) is 4.79 Å². The third-order valence-electron chi connectivity index (χ3n) is 7.83. The van der Waals surface area contributed by atoms with Crippen LogP contribution >= 0.6 is 0 Å². The Balaban J connectivity index is 1.85. The van der Waals surface area contributed by atoms with Crippen LogP contribution in [0.4, 0.5) is 0 Å². The molecule has 6 nitrogen and oxygen atoms in total. The Morgan fingerprint density at radius 1 is 1.07 bits per heavy atom. The Morgan fingerprint density at radius 2 is 1.85 bits per heavy atom. The number of hydrogen-bond donors (Lipinski definition) is 1. The Bertz CT molecular complexity index is 1460. The molecule has 0 radical (unpaired) electrons. The third kappa shape index (κ3) is 7.18. The van der Waals surface area contributed by atoms with E-state index >= 15 is 0 Å². The topological polar surface area (TPSA) is 71.8 Å². The van der Waals surface area contributed by atoms with Crippen molar-refractivity contribution in [2.75, 3.05) is 14.1 Å². The van der Waals surface area contributed by atoms with E-state index in [1.54, 1.807) is 31.1 Å². The zero-order chi connectivity index (χ0) is 29.4. The molecule has 6 heteroatoms. The van der Waals surface area contributed by atoms with Gasteiger partial charge in [0.1, 0.15) is 12.4 Å². The summed E-state index contributed by atoms with van der Waals surface area (Å²) in [4.78, 5) is 26.3. The van der Waals surface area contributed by atoms with E-state index in [4.69, 9.17) is 4.74 Å². The highest BCUT2D eigenvalue weighted by Crippen LogP contribution is 2.41. The van der Waals surface area contributed by atoms with Crippen molar-refractivity contribution in [1.29, 1.82) is 0 Å². The Morgan fingerprint density at radius 3 is 2.54 bits per heavy atom. The number of benzene rings is 2. The zero-order valence-electron chi connectivity index (χ0n) is 24.7. The summed E-state index contributed by atoms with van der Waals surface area (Å²) in [6, 6.07) is 15.6. The summed E-state index contributed by atoms with van der Waals surface area (Å²) in [7, 11) is 3.53. The van der Waals surface area contributed by atoms with E-state index in [9.17, 15) is 14.7 Å². The minimum absolute atomic E-state index is 0.0398. The van der Waals surface area contributed by atoms with Gasteiger partial charge in [0.25, 0.3) is 0 Å². The first-order valence-electron chi connectivity index (χ1n) is 14.7. The fraction of sp³-hybridized carbons (Fsp3) is 0.371. The third-order valence-corrected chi connectivity index (χ3v) is 7.83. The molecule has 4 rings (SSSR count). The first-order valence-corrected chi connectivity index (χ1v) is 14.7. The lowest BCUT2D eigenvalue weighted by molar-refractivity contribution is -0.128. The number of carbonyl (C=O) groups is 2. The number of fused-ring (bicyclic) bond motifs is 1. The fourth-order valence-corrected chi connectivity index (χ4v) is 5.56. The van der Waals surface area contributed by atoms with Gasteiger partial charge < -0.3 is 19.3 Å². The summed E-state index contributed by atoms with van der Waals surface area (Å²) in [6.45, 7) is 5.40. The molecule has 41 heavy (non-hydrogen) atoms. The lowest BCUT2D eigenvalue weighted by atomic mass is 9.86. The maximum atomic E-state index is 12.7. The Labute approximate surface area is 243 Å². The normalized spacial score (nSPS) is 13.9. The van der Waals surface area contributed by atoms with Crippen LogP contribution in [0.25, 0.3) is 16.5 Å². The van der Waals surface area contributed by atoms with E-state index in [0.717, 1.165) is 59.2 Å². The number of rotatable bonds is 13. The quantitative estimate of drug-likeness (QED) is 0.233. The first-order chi connectivity index (χ1) is 19.8. The maximum absolute atomic E-state index is 12.7. The molecule has 0 saturated heterocycles. The minimum atomic E-state index is -0.954. The molecule has 2 aromatic carbocycles. The molecule has 0 fully saturated rings. The predicted molar refractivity (Wildman–Crippen MR) is 166 cm³/mol. The molecular weight excluding hydrogens is 512 g/mol. The van der Waals surface area contributed by atoms with Gasteiger partial charge in [-0.15, -0.1) is 0 Å². The van der Waals surface area contributed by atoms with E-state index in [-0.39, 0.29) is 11.5 Å². The van der Waals surface area contributed by atoms with Crippen LogP contribution in [-0.2, 0) is 22.7 Å². The second kappa shape index (κ2) is 14.0. The van der Waals surface area contributed by atoms with Gasteiger partial charge in [-0.3, -0.25) is 4.79 Å². The largest absolute Gasteiger partial charge is 0.489 e. The average molecular weight is 555 g/mol. The summed E-state index contributed by atoms with van der Waals surface area (Å²) in [5, 5.41) is 10.9. The van der Waals surface area contributed by atoms with E-state index in [0.29, 0.717) is 31.9 Å². The van der Waals surface area contributed by atoms with E-state index in [1.165, 1.54) is 5.56 Å². The van der Waals surface area contributed by atoms with E-state index in [2.05, 4.69) is 42.7 Å². The van der Waals surface area contributed by atoms with Crippen LogP contribution in [0, 0.1) is 0 Å². The minimum Gasteiger partial charge on any atom is -0.489 e. The van der Waals surface area contributed by atoms with Gasteiger partial charge in [0.15, 0.2) is 0 Å². The molecule has 216 valence electrons. The van der Waals surface area contributed by atoms with Gasteiger partial charge in [0.05, 0.1) is 5.56 Å². The molecule has 0 aliphatic heterocycles. The molecule has 0 bridgehead atoms. The van der Waals surface area contributed by atoms with Crippen molar-refractivity contribution in [3.8, 4) is 0 Å². The molecule has 1 aliphatic rings. The number of ether oxygens (including phenoxy) is 1. The molecular formula is C35H42N2O4. The van der Waals surface area contributed by atoms with Crippen molar-refractivity contribution in [2.24, 2.45) is 0 Å². The van der Waals surface area contributed by atoms with Crippen LogP contribution in [0.3, 0.4) is 0 Å². The highest BCUT2D eigenvalue weighted by molar-refractivity contribution is 5.97. The van der Waals surface area contributed by atoms with Gasteiger partial charge in [-0.2, -0.15) is 0 Å². The second-order valence-corrected chi connectivity index (χ2v) is 10.9. The van der Waals surface area contributed by atoms with Crippen LogP contribution < -0.4 is 0 Å². The van der Waals surface area contributed by atoms with Crippen LogP contribution in [0.1, 0.15) is 85.5 Å².